The van der Waals surface area contributed by atoms with Crippen LogP contribution in [0.1, 0.15) is 48.9 Å². The highest BCUT2D eigenvalue weighted by Gasteiger charge is 2.54. The lowest BCUT2D eigenvalue weighted by Crippen LogP contribution is -2.55. The summed E-state index contributed by atoms with van der Waals surface area (Å²) in [5.74, 6) is 2.09. The summed E-state index contributed by atoms with van der Waals surface area (Å²) < 4.78 is 0. The van der Waals surface area contributed by atoms with Gasteiger partial charge in [-0.05, 0) is 98.8 Å². The number of carbonyl (C=O) groups excluding carboxylic acids is 2. The molecule has 4 aliphatic carbocycles. The highest BCUT2D eigenvalue weighted by Crippen LogP contribution is 2.60. The van der Waals surface area contributed by atoms with Gasteiger partial charge in [-0.2, -0.15) is 0 Å². The molecule has 0 unspecified atom stereocenters. The molecule has 4 bridgehead atoms. The van der Waals surface area contributed by atoms with Gasteiger partial charge in [-0.15, -0.1) is 0 Å². The lowest BCUT2D eigenvalue weighted by atomic mass is 9.49. The second-order valence-electron chi connectivity index (χ2n) is 9.89. The highest BCUT2D eigenvalue weighted by molar-refractivity contribution is 7.80. The first-order valence-corrected chi connectivity index (χ1v) is 11.9. The molecular formula is C26H29N3O2S. The van der Waals surface area contributed by atoms with Gasteiger partial charge in [-0.25, -0.2) is 0 Å². The molecule has 4 fully saturated rings. The van der Waals surface area contributed by atoms with Crippen molar-refractivity contribution in [1.29, 1.82) is 0 Å². The van der Waals surface area contributed by atoms with Gasteiger partial charge in [-0.3, -0.25) is 9.59 Å². The first kappa shape index (κ1) is 21.1. The summed E-state index contributed by atoms with van der Waals surface area (Å²) in [6.45, 7) is 0. The van der Waals surface area contributed by atoms with Crippen LogP contribution >= 0.6 is 12.2 Å². The second-order valence-corrected chi connectivity index (χ2v) is 10.3. The number of nitrogens with zero attached hydrogens (tertiary/aromatic N) is 1. The number of amides is 2. The summed E-state index contributed by atoms with van der Waals surface area (Å²) in [5, 5.41) is 6.37. The Balaban J connectivity index is 1.23. The molecule has 32 heavy (non-hydrogen) atoms. The fourth-order valence-electron chi connectivity index (χ4n) is 6.48. The minimum atomic E-state index is -0.239. The quantitative estimate of drug-likeness (QED) is 0.648. The third-order valence-electron chi connectivity index (χ3n) is 7.56. The van der Waals surface area contributed by atoms with Crippen LogP contribution in [-0.2, 0) is 4.79 Å². The van der Waals surface area contributed by atoms with Gasteiger partial charge < -0.3 is 15.5 Å². The number of hydrogen-bond acceptors (Lipinski definition) is 3. The van der Waals surface area contributed by atoms with Gasteiger partial charge in [0.25, 0.3) is 5.91 Å². The molecule has 0 spiro atoms. The predicted octanol–water partition coefficient (Wildman–Crippen LogP) is 4.99. The third kappa shape index (κ3) is 4.04. The molecule has 0 aromatic heterocycles. The minimum absolute atomic E-state index is 0.0742. The largest absolute Gasteiger partial charge is 0.332 e. The van der Waals surface area contributed by atoms with Crippen molar-refractivity contribution in [3.8, 4) is 0 Å². The van der Waals surface area contributed by atoms with Crippen LogP contribution in [0.25, 0.3) is 0 Å². The van der Waals surface area contributed by atoms with E-state index in [1.165, 1.54) is 19.3 Å². The number of nitrogens with one attached hydrogen (secondary N) is 2. The monoisotopic (exact) mass is 447 g/mol. The molecule has 2 aromatic rings. The van der Waals surface area contributed by atoms with Gasteiger partial charge in [0.15, 0.2) is 5.11 Å². The average molecular weight is 448 g/mol. The zero-order valence-corrected chi connectivity index (χ0v) is 19.2. The van der Waals surface area contributed by atoms with E-state index in [1.807, 2.05) is 42.5 Å². The molecule has 6 rings (SSSR count). The van der Waals surface area contributed by atoms with Gasteiger partial charge in [0, 0.05) is 24.0 Å². The first-order chi connectivity index (χ1) is 15.4. The van der Waals surface area contributed by atoms with Crippen LogP contribution in [0.5, 0.6) is 0 Å². The van der Waals surface area contributed by atoms with Crippen molar-refractivity contribution in [1.82, 2.24) is 5.32 Å². The van der Waals surface area contributed by atoms with Gasteiger partial charge in [-0.1, -0.05) is 24.3 Å². The lowest BCUT2D eigenvalue weighted by Gasteiger charge is -2.55. The number of thiocarbonyl (C=S) groups is 1. The average Bonchev–Trinajstić information content (AvgIpc) is 2.78. The van der Waals surface area contributed by atoms with Crippen molar-refractivity contribution in [2.45, 2.75) is 38.5 Å². The third-order valence-corrected chi connectivity index (χ3v) is 7.77. The van der Waals surface area contributed by atoms with Crippen LogP contribution in [0.3, 0.4) is 0 Å². The molecule has 5 nitrogen and oxygen atoms in total. The maximum absolute atomic E-state index is 13.2. The van der Waals surface area contributed by atoms with E-state index in [0.717, 1.165) is 24.9 Å². The Morgan fingerprint density at radius 3 is 2.19 bits per heavy atom. The molecule has 0 saturated heterocycles. The summed E-state index contributed by atoms with van der Waals surface area (Å²) in [6.07, 6.45) is 6.91. The summed E-state index contributed by atoms with van der Waals surface area (Å²) in [5.41, 5.74) is 1.83. The Hall–Kier alpha value is -2.73. The number of hydrogen-bond donors (Lipinski definition) is 2. The molecule has 6 heteroatoms. The van der Waals surface area contributed by atoms with Crippen LogP contribution in [0.2, 0.25) is 0 Å². The first-order valence-electron chi connectivity index (χ1n) is 11.5. The maximum Gasteiger partial charge on any atom is 0.258 e. The molecule has 0 aliphatic heterocycles. The fourth-order valence-corrected chi connectivity index (χ4v) is 6.69. The van der Waals surface area contributed by atoms with E-state index in [4.69, 9.17) is 12.2 Å². The molecular weight excluding hydrogens is 418 g/mol. The van der Waals surface area contributed by atoms with Crippen molar-refractivity contribution in [2.24, 2.45) is 23.2 Å². The van der Waals surface area contributed by atoms with E-state index in [9.17, 15) is 9.59 Å². The summed E-state index contributed by atoms with van der Waals surface area (Å²) in [4.78, 5) is 27.8. The number of para-hydroxylation sites is 1. The van der Waals surface area contributed by atoms with Crippen molar-refractivity contribution in [2.75, 3.05) is 17.3 Å². The van der Waals surface area contributed by atoms with Gasteiger partial charge in [0.05, 0.1) is 5.41 Å². The zero-order chi connectivity index (χ0) is 22.3. The smallest absolute Gasteiger partial charge is 0.258 e. The minimum Gasteiger partial charge on any atom is -0.332 e. The molecule has 2 amide bonds. The van der Waals surface area contributed by atoms with E-state index >= 15 is 0 Å². The number of carbonyl (C=O) groups is 2. The lowest BCUT2D eigenvalue weighted by molar-refractivity contribution is -0.144. The number of rotatable bonds is 4. The van der Waals surface area contributed by atoms with Crippen molar-refractivity contribution >= 4 is 40.5 Å². The molecule has 0 radical (unpaired) electrons. The molecule has 4 saturated carbocycles. The van der Waals surface area contributed by atoms with Crippen molar-refractivity contribution in [3.05, 3.63) is 60.2 Å². The maximum atomic E-state index is 13.2. The van der Waals surface area contributed by atoms with Gasteiger partial charge >= 0.3 is 0 Å². The predicted molar refractivity (Wildman–Crippen MR) is 131 cm³/mol. The van der Waals surface area contributed by atoms with Crippen LogP contribution in [0.15, 0.2) is 54.6 Å². The van der Waals surface area contributed by atoms with E-state index in [2.05, 4.69) is 10.6 Å². The Morgan fingerprint density at radius 2 is 1.56 bits per heavy atom. The van der Waals surface area contributed by atoms with Gasteiger partial charge in [0.2, 0.25) is 5.91 Å². The second kappa shape index (κ2) is 8.32. The molecule has 4 aliphatic rings. The topological polar surface area (TPSA) is 61.4 Å². The normalized spacial score (nSPS) is 27.6. The van der Waals surface area contributed by atoms with E-state index in [-0.39, 0.29) is 17.2 Å². The molecule has 166 valence electrons. The Labute approximate surface area is 194 Å². The van der Waals surface area contributed by atoms with Crippen LogP contribution in [0.4, 0.5) is 11.4 Å². The summed E-state index contributed by atoms with van der Waals surface area (Å²) in [7, 11) is 1.76. The van der Waals surface area contributed by atoms with Crippen LogP contribution in [-0.4, -0.2) is 24.0 Å². The number of benzene rings is 2. The molecule has 2 N–H and O–H groups in total. The van der Waals surface area contributed by atoms with E-state index in [0.29, 0.717) is 34.1 Å². The van der Waals surface area contributed by atoms with E-state index in [1.54, 1.807) is 24.1 Å². The highest BCUT2D eigenvalue weighted by atomic mass is 32.1. The SMILES string of the molecule is CN(C(=O)c1cccc(NC(=S)NC(=O)C23CC4CC(CC(C4)C2)C3)c1)c1ccccc1. The standard InChI is InChI=1S/C26H29N3O2S/c1-29(22-8-3-2-4-9-22)23(30)20-6-5-7-21(13-20)27-25(32)28-24(31)26-14-17-10-18(15-26)12-19(11-17)16-26/h2-9,13,17-19H,10-12,14-16H2,1H3,(H2,27,28,31,32). The fraction of sp³-hybridized carbons (Fsp3) is 0.423. The van der Waals surface area contributed by atoms with Crippen molar-refractivity contribution < 1.29 is 9.59 Å². The van der Waals surface area contributed by atoms with Gasteiger partial charge in [0.1, 0.15) is 0 Å². The zero-order valence-electron chi connectivity index (χ0n) is 18.3. The summed E-state index contributed by atoms with van der Waals surface area (Å²) in [6, 6.07) is 16.7. The summed E-state index contributed by atoms with van der Waals surface area (Å²) >= 11 is 5.47. The Morgan fingerprint density at radius 1 is 0.938 bits per heavy atom. The number of anilines is 2. The molecule has 0 heterocycles. The molecule has 2 aromatic carbocycles. The van der Waals surface area contributed by atoms with Crippen LogP contribution < -0.4 is 15.5 Å². The van der Waals surface area contributed by atoms with E-state index < -0.39 is 0 Å². The molecule has 0 atom stereocenters. The Kier molecular flexibility index (Phi) is 5.49. The van der Waals surface area contributed by atoms with Crippen LogP contribution in [0, 0.1) is 23.2 Å². The van der Waals surface area contributed by atoms with Crippen molar-refractivity contribution in [3.63, 3.8) is 0 Å². The Bertz CT molecular complexity index is 1020.